The van der Waals surface area contributed by atoms with E-state index in [4.69, 9.17) is 5.11 Å². The van der Waals surface area contributed by atoms with Crippen molar-refractivity contribution in [2.45, 2.75) is 6.54 Å². The molecule has 19 heavy (non-hydrogen) atoms. The second-order valence-electron chi connectivity index (χ2n) is 4.19. The Morgan fingerprint density at radius 3 is 2.68 bits per heavy atom. The molecular weight excluding hydrogens is 254 g/mol. The Balaban J connectivity index is 1.93. The molecule has 1 saturated heterocycles. The van der Waals surface area contributed by atoms with Gasteiger partial charge in [0.25, 0.3) is 0 Å². The van der Waals surface area contributed by atoms with Crippen molar-refractivity contribution in [2.75, 3.05) is 26.7 Å². The van der Waals surface area contributed by atoms with E-state index in [1.165, 1.54) is 20.7 Å². The maximum absolute atomic E-state index is 11.7. The summed E-state index contributed by atoms with van der Waals surface area (Å²) in [6, 6.07) is 0. The summed E-state index contributed by atoms with van der Waals surface area (Å²) in [4.78, 5) is 36.5. The largest absolute Gasteiger partial charge is 0.476 e. The lowest BCUT2D eigenvalue weighted by molar-refractivity contribution is -0.155. The van der Waals surface area contributed by atoms with Crippen LogP contribution >= 0.6 is 0 Å². The predicted octanol–water partition coefficient (Wildman–Crippen LogP) is -1.72. The number of carboxylic acids is 1. The average Bonchev–Trinajstić information content (AvgIpc) is 2.84. The molecule has 0 bridgehead atoms. The predicted molar refractivity (Wildman–Crippen MR) is 61.2 cm³/mol. The number of carbonyl (C=O) groups is 3. The van der Waals surface area contributed by atoms with Gasteiger partial charge in [-0.3, -0.25) is 9.59 Å². The standard InChI is InChI=1S/C10H13N5O4/c1-13-2-3-14(9(17)8(13)16)4-5-15-6-7(10(18)19)11-12-15/h6H,2-5H2,1H3,(H,18,19). The molecule has 2 rings (SSSR count). The fourth-order valence-corrected chi connectivity index (χ4v) is 1.71. The van der Waals surface area contributed by atoms with Crippen LogP contribution in [-0.2, 0) is 16.1 Å². The van der Waals surface area contributed by atoms with E-state index < -0.39 is 17.8 Å². The van der Waals surface area contributed by atoms with Gasteiger partial charge in [-0.1, -0.05) is 5.21 Å². The van der Waals surface area contributed by atoms with Crippen molar-refractivity contribution in [3.8, 4) is 0 Å². The SMILES string of the molecule is CN1CCN(CCn2cc(C(=O)O)nn2)C(=O)C1=O. The molecule has 1 fully saturated rings. The molecule has 0 saturated carbocycles. The van der Waals surface area contributed by atoms with Gasteiger partial charge in [0.05, 0.1) is 12.7 Å². The third kappa shape index (κ3) is 2.69. The van der Waals surface area contributed by atoms with Crippen molar-refractivity contribution < 1.29 is 19.5 Å². The Morgan fingerprint density at radius 1 is 1.32 bits per heavy atom. The van der Waals surface area contributed by atoms with Gasteiger partial charge >= 0.3 is 17.8 Å². The van der Waals surface area contributed by atoms with E-state index >= 15 is 0 Å². The molecule has 9 heteroatoms. The van der Waals surface area contributed by atoms with E-state index in [0.717, 1.165) is 0 Å². The molecule has 102 valence electrons. The molecule has 2 heterocycles. The van der Waals surface area contributed by atoms with Crippen molar-refractivity contribution >= 4 is 17.8 Å². The van der Waals surface area contributed by atoms with Gasteiger partial charge < -0.3 is 14.9 Å². The topological polar surface area (TPSA) is 109 Å². The molecule has 1 aliphatic rings. The highest BCUT2D eigenvalue weighted by molar-refractivity contribution is 6.35. The number of carbonyl (C=O) groups excluding carboxylic acids is 2. The molecule has 0 aliphatic carbocycles. The summed E-state index contributed by atoms with van der Waals surface area (Å²) in [6.07, 6.45) is 1.28. The van der Waals surface area contributed by atoms with Crippen LogP contribution < -0.4 is 0 Å². The first-order chi connectivity index (χ1) is 8.99. The highest BCUT2D eigenvalue weighted by atomic mass is 16.4. The Hall–Kier alpha value is -2.45. The van der Waals surface area contributed by atoms with Crippen LogP contribution in [0.5, 0.6) is 0 Å². The zero-order chi connectivity index (χ0) is 14.0. The Kier molecular flexibility index (Phi) is 3.45. The lowest BCUT2D eigenvalue weighted by Gasteiger charge is -2.31. The van der Waals surface area contributed by atoms with E-state index in [2.05, 4.69) is 10.3 Å². The van der Waals surface area contributed by atoms with Crippen LogP contribution in [0.15, 0.2) is 6.20 Å². The minimum Gasteiger partial charge on any atom is -0.476 e. The van der Waals surface area contributed by atoms with Crippen LogP contribution in [0.25, 0.3) is 0 Å². The van der Waals surface area contributed by atoms with Gasteiger partial charge in [-0.05, 0) is 0 Å². The summed E-state index contributed by atoms with van der Waals surface area (Å²) in [6.45, 7) is 1.54. The third-order valence-electron chi connectivity index (χ3n) is 2.88. The zero-order valence-corrected chi connectivity index (χ0v) is 10.3. The van der Waals surface area contributed by atoms with Crippen LogP contribution in [-0.4, -0.2) is 74.4 Å². The molecule has 0 spiro atoms. The Labute approximate surface area is 108 Å². The van der Waals surface area contributed by atoms with Crippen molar-refractivity contribution in [1.29, 1.82) is 0 Å². The molecule has 0 unspecified atom stereocenters. The number of likely N-dealkylation sites (N-methyl/N-ethyl adjacent to an activating group) is 1. The Morgan fingerprint density at radius 2 is 2.05 bits per heavy atom. The molecule has 1 aromatic heterocycles. The second-order valence-corrected chi connectivity index (χ2v) is 4.19. The summed E-state index contributed by atoms with van der Waals surface area (Å²) in [5.41, 5.74) is -0.152. The van der Waals surface area contributed by atoms with Crippen LogP contribution in [0.3, 0.4) is 0 Å². The quantitative estimate of drug-likeness (QED) is 0.650. The number of hydrogen-bond acceptors (Lipinski definition) is 5. The van der Waals surface area contributed by atoms with Crippen molar-refractivity contribution in [1.82, 2.24) is 24.8 Å². The molecule has 9 nitrogen and oxygen atoms in total. The van der Waals surface area contributed by atoms with E-state index in [0.29, 0.717) is 26.2 Å². The molecule has 1 aliphatic heterocycles. The van der Waals surface area contributed by atoms with Gasteiger partial charge in [-0.15, -0.1) is 5.10 Å². The fraction of sp³-hybridized carbons (Fsp3) is 0.500. The lowest BCUT2D eigenvalue weighted by atomic mass is 10.3. The van der Waals surface area contributed by atoms with Crippen LogP contribution in [0.2, 0.25) is 0 Å². The van der Waals surface area contributed by atoms with Gasteiger partial charge in [-0.25, -0.2) is 9.48 Å². The molecule has 1 N–H and O–H groups in total. The zero-order valence-electron chi connectivity index (χ0n) is 10.3. The molecule has 1 aromatic rings. The minimum absolute atomic E-state index is 0.152. The highest BCUT2D eigenvalue weighted by Crippen LogP contribution is 2.03. The number of aromatic carboxylic acids is 1. The molecule has 0 radical (unpaired) electrons. The van der Waals surface area contributed by atoms with Crippen LogP contribution in [0.1, 0.15) is 10.5 Å². The normalized spacial score (nSPS) is 16.1. The second kappa shape index (κ2) is 5.04. The van der Waals surface area contributed by atoms with Crippen molar-refractivity contribution in [3.63, 3.8) is 0 Å². The molecule has 2 amide bonds. The first-order valence-electron chi connectivity index (χ1n) is 5.67. The van der Waals surface area contributed by atoms with Gasteiger partial charge in [0.2, 0.25) is 0 Å². The van der Waals surface area contributed by atoms with E-state index in [-0.39, 0.29) is 5.69 Å². The van der Waals surface area contributed by atoms with E-state index in [9.17, 15) is 14.4 Å². The number of piperazine rings is 1. The van der Waals surface area contributed by atoms with Gasteiger partial charge in [-0.2, -0.15) is 0 Å². The number of carboxylic acid groups (broad SMARTS) is 1. The molecular formula is C10H13N5O4. The lowest BCUT2D eigenvalue weighted by Crippen LogP contribution is -2.53. The minimum atomic E-state index is -1.16. The monoisotopic (exact) mass is 267 g/mol. The summed E-state index contributed by atoms with van der Waals surface area (Å²) in [5, 5.41) is 15.8. The van der Waals surface area contributed by atoms with Crippen molar-refractivity contribution in [2.24, 2.45) is 0 Å². The third-order valence-corrected chi connectivity index (χ3v) is 2.88. The summed E-state index contributed by atoms with van der Waals surface area (Å²) in [5.74, 6) is -2.24. The number of rotatable bonds is 4. The molecule has 0 aromatic carbocycles. The van der Waals surface area contributed by atoms with E-state index in [1.807, 2.05) is 0 Å². The Bertz CT molecular complexity index is 526. The van der Waals surface area contributed by atoms with Crippen molar-refractivity contribution in [3.05, 3.63) is 11.9 Å². The summed E-state index contributed by atoms with van der Waals surface area (Å²) in [7, 11) is 1.58. The number of hydrogen-bond donors (Lipinski definition) is 1. The van der Waals surface area contributed by atoms with Crippen LogP contribution in [0, 0.1) is 0 Å². The molecule has 0 atom stereocenters. The average molecular weight is 267 g/mol. The van der Waals surface area contributed by atoms with Crippen LogP contribution in [0.4, 0.5) is 0 Å². The number of nitrogens with zero attached hydrogens (tertiary/aromatic N) is 5. The maximum atomic E-state index is 11.7. The fourth-order valence-electron chi connectivity index (χ4n) is 1.71. The first-order valence-corrected chi connectivity index (χ1v) is 5.67. The smallest absolute Gasteiger partial charge is 0.358 e. The highest BCUT2D eigenvalue weighted by Gasteiger charge is 2.29. The number of aromatic nitrogens is 3. The maximum Gasteiger partial charge on any atom is 0.358 e. The van der Waals surface area contributed by atoms with Gasteiger partial charge in [0.15, 0.2) is 5.69 Å². The van der Waals surface area contributed by atoms with Gasteiger partial charge in [0.1, 0.15) is 0 Å². The van der Waals surface area contributed by atoms with E-state index in [1.54, 1.807) is 7.05 Å². The first kappa shape index (κ1) is 13.0. The van der Waals surface area contributed by atoms with Gasteiger partial charge in [0, 0.05) is 26.7 Å². The summed E-state index contributed by atoms with van der Waals surface area (Å²) >= 11 is 0. The number of amides is 2. The summed E-state index contributed by atoms with van der Waals surface area (Å²) < 4.78 is 1.33.